The Kier molecular flexibility index (Phi) is 4.98. The maximum absolute atomic E-state index is 12.1. The third-order valence-corrected chi connectivity index (χ3v) is 4.58. The molecule has 2 aromatic rings. The van der Waals surface area contributed by atoms with Crippen molar-refractivity contribution in [3.8, 4) is 11.5 Å². The van der Waals surface area contributed by atoms with Crippen LogP contribution in [0.1, 0.15) is 5.56 Å². The minimum absolute atomic E-state index is 0.0599. The highest BCUT2D eigenvalue weighted by atomic mass is 35.5. The summed E-state index contributed by atoms with van der Waals surface area (Å²) in [7, 11) is 0. The smallest absolute Gasteiger partial charge is 0.234 e. The predicted molar refractivity (Wildman–Crippen MR) is 93.0 cm³/mol. The Morgan fingerprint density at radius 2 is 1.96 bits per heavy atom. The maximum atomic E-state index is 12.1. The van der Waals surface area contributed by atoms with Crippen molar-refractivity contribution < 1.29 is 14.3 Å². The first-order chi connectivity index (χ1) is 11.1. The van der Waals surface area contributed by atoms with Gasteiger partial charge in [-0.2, -0.15) is 0 Å². The lowest BCUT2D eigenvalue weighted by molar-refractivity contribution is -0.113. The molecule has 0 fully saturated rings. The van der Waals surface area contributed by atoms with Gasteiger partial charge in [-0.1, -0.05) is 11.6 Å². The van der Waals surface area contributed by atoms with Crippen LogP contribution < -0.4 is 14.8 Å². The molecule has 1 N–H and O–H groups in total. The fraction of sp³-hybridized carbons (Fsp3) is 0.235. The van der Waals surface area contributed by atoms with Crippen LogP contribution in [0.25, 0.3) is 0 Å². The highest BCUT2D eigenvalue weighted by Gasteiger charge is 2.13. The molecule has 0 saturated heterocycles. The number of ether oxygens (including phenoxy) is 2. The summed E-state index contributed by atoms with van der Waals surface area (Å²) in [5, 5.41) is 3.55. The number of carbonyl (C=O) groups excluding carboxylic acids is 1. The summed E-state index contributed by atoms with van der Waals surface area (Å²) in [5.41, 5.74) is 1.72. The Labute approximate surface area is 144 Å². The first-order valence-electron chi connectivity index (χ1n) is 7.20. The Hall–Kier alpha value is -1.85. The van der Waals surface area contributed by atoms with Crippen molar-refractivity contribution in [1.82, 2.24) is 0 Å². The molecule has 0 saturated carbocycles. The van der Waals surface area contributed by atoms with E-state index in [0.717, 1.165) is 27.6 Å². The van der Waals surface area contributed by atoms with Crippen LogP contribution in [0.4, 0.5) is 5.69 Å². The molecule has 120 valence electrons. The molecule has 0 aliphatic carbocycles. The van der Waals surface area contributed by atoms with Crippen molar-refractivity contribution >= 4 is 35.0 Å². The third kappa shape index (κ3) is 4.12. The van der Waals surface area contributed by atoms with Gasteiger partial charge in [-0.15, -0.1) is 11.8 Å². The van der Waals surface area contributed by atoms with E-state index in [1.54, 1.807) is 6.07 Å². The standard InChI is InChI=1S/C17H16ClNO3S/c1-11-8-12(18)2-4-14(11)19-17(20)10-23-13-3-5-15-16(9-13)22-7-6-21-15/h2-5,8-9H,6-7,10H2,1H3,(H,19,20). The number of nitrogens with one attached hydrogen (secondary N) is 1. The minimum atomic E-state index is -0.0599. The Morgan fingerprint density at radius 3 is 2.74 bits per heavy atom. The van der Waals surface area contributed by atoms with Crippen molar-refractivity contribution in [3.05, 3.63) is 47.0 Å². The number of benzene rings is 2. The third-order valence-electron chi connectivity index (χ3n) is 3.35. The van der Waals surface area contributed by atoms with E-state index in [1.807, 2.05) is 37.3 Å². The van der Waals surface area contributed by atoms with Crippen molar-refractivity contribution in [1.29, 1.82) is 0 Å². The van der Waals surface area contributed by atoms with E-state index >= 15 is 0 Å². The summed E-state index contributed by atoms with van der Waals surface area (Å²) in [6, 6.07) is 11.1. The molecule has 6 heteroatoms. The molecule has 1 amide bonds. The molecular formula is C17H16ClNO3S. The van der Waals surface area contributed by atoms with Crippen molar-refractivity contribution in [2.75, 3.05) is 24.3 Å². The molecular weight excluding hydrogens is 334 g/mol. The molecule has 0 spiro atoms. The molecule has 0 aromatic heterocycles. The normalized spacial score (nSPS) is 12.8. The number of carbonyl (C=O) groups is 1. The zero-order valence-electron chi connectivity index (χ0n) is 12.6. The number of amides is 1. The maximum Gasteiger partial charge on any atom is 0.234 e. The van der Waals surface area contributed by atoms with Gasteiger partial charge in [0.25, 0.3) is 0 Å². The summed E-state index contributed by atoms with van der Waals surface area (Å²) in [5.74, 6) is 1.74. The van der Waals surface area contributed by atoms with Gasteiger partial charge in [0.1, 0.15) is 13.2 Å². The molecule has 1 aliphatic rings. The van der Waals surface area contributed by atoms with Crippen LogP contribution in [-0.4, -0.2) is 24.9 Å². The lowest BCUT2D eigenvalue weighted by Gasteiger charge is -2.18. The van der Waals surface area contributed by atoms with Gasteiger partial charge < -0.3 is 14.8 Å². The van der Waals surface area contributed by atoms with E-state index in [-0.39, 0.29) is 5.91 Å². The predicted octanol–water partition coefficient (Wildman–Crippen LogP) is 4.15. The Morgan fingerprint density at radius 1 is 1.17 bits per heavy atom. The number of anilines is 1. The average Bonchev–Trinajstić information content (AvgIpc) is 2.55. The fourth-order valence-corrected chi connectivity index (χ4v) is 3.17. The zero-order chi connectivity index (χ0) is 16.2. The number of halogens is 1. The van der Waals surface area contributed by atoms with Crippen molar-refractivity contribution in [3.63, 3.8) is 0 Å². The lowest BCUT2D eigenvalue weighted by atomic mass is 10.2. The molecule has 0 bridgehead atoms. The number of rotatable bonds is 4. The van der Waals surface area contributed by atoms with Crippen LogP contribution in [0.5, 0.6) is 11.5 Å². The molecule has 0 atom stereocenters. The van der Waals surface area contributed by atoms with Gasteiger partial charge in [-0.3, -0.25) is 4.79 Å². The molecule has 0 radical (unpaired) electrons. The van der Waals surface area contributed by atoms with Gasteiger partial charge in [0, 0.05) is 15.6 Å². The highest BCUT2D eigenvalue weighted by Crippen LogP contribution is 2.34. The molecule has 0 unspecified atom stereocenters. The summed E-state index contributed by atoms with van der Waals surface area (Å²) < 4.78 is 11.0. The monoisotopic (exact) mass is 349 g/mol. The summed E-state index contributed by atoms with van der Waals surface area (Å²) in [6.45, 7) is 3.04. The second kappa shape index (κ2) is 7.15. The van der Waals surface area contributed by atoms with Crippen LogP contribution in [0, 0.1) is 6.92 Å². The zero-order valence-corrected chi connectivity index (χ0v) is 14.2. The van der Waals surface area contributed by atoms with Gasteiger partial charge in [0.05, 0.1) is 5.75 Å². The van der Waals surface area contributed by atoms with E-state index in [2.05, 4.69) is 5.32 Å². The van der Waals surface area contributed by atoms with E-state index in [0.29, 0.717) is 24.0 Å². The van der Waals surface area contributed by atoms with Crippen molar-refractivity contribution in [2.24, 2.45) is 0 Å². The quantitative estimate of drug-likeness (QED) is 0.842. The Balaban J connectivity index is 1.58. The number of fused-ring (bicyclic) bond motifs is 1. The first kappa shape index (κ1) is 16.0. The van der Waals surface area contributed by atoms with Crippen LogP contribution in [0.15, 0.2) is 41.3 Å². The summed E-state index contributed by atoms with van der Waals surface area (Å²) in [6.07, 6.45) is 0. The lowest BCUT2D eigenvalue weighted by Crippen LogP contribution is -2.16. The average molecular weight is 350 g/mol. The van der Waals surface area contributed by atoms with Gasteiger partial charge in [0.2, 0.25) is 5.91 Å². The fourth-order valence-electron chi connectivity index (χ4n) is 2.22. The second-order valence-corrected chi connectivity index (χ2v) is 6.59. The van der Waals surface area contributed by atoms with Crippen molar-refractivity contribution in [2.45, 2.75) is 11.8 Å². The number of hydrogen-bond acceptors (Lipinski definition) is 4. The molecule has 3 rings (SSSR count). The van der Waals surface area contributed by atoms with Crippen LogP contribution in [0.2, 0.25) is 5.02 Å². The topological polar surface area (TPSA) is 47.6 Å². The Bertz CT molecular complexity index is 736. The number of hydrogen-bond donors (Lipinski definition) is 1. The van der Waals surface area contributed by atoms with E-state index in [1.165, 1.54) is 11.8 Å². The van der Waals surface area contributed by atoms with Crippen LogP contribution in [0.3, 0.4) is 0 Å². The molecule has 2 aromatic carbocycles. The van der Waals surface area contributed by atoms with Gasteiger partial charge in [-0.25, -0.2) is 0 Å². The molecule has 1 aliphatic heterocycles. The molecule has 4 nitrogen and oxygen atoms in total. The van der Waals surface area contributed by atoms with E-state index in [9.17, 15) is 4.79 Å². The van der Waals surface area contributed by atoms with Crippen LogP contribution >= 0.6 is 23.4 Å². The molecule has 23 heavy (non-hydrogen) atoms. The van der Waals surface area contributed by atoms with Crippen LogP contribution in [-0.2, 0) is 4.79 Å². The molecule has 1 heterocycles. The summed E-state index contributed by atoms with van der Waals surface area (Å²) >= 11 is 7.37. The number of thioether (sulfide) groups is 1. The van der Waals surface area contributed by atoms with Gasteiger partial charge >= 0.3 is 0 Å². The van der Waals surface area contributed by atoms with Gasteiger partial charge in [-0.05, 0) is 48.9 Å². The number of aryl methyl sites for hydroxylation is 1. The second-order valence-electron chi connectivity index (χ2n) is 5.10. The van der Waals surface area contributed by atoms with E-state index in [4.69, 9.17) is 21.1 Å². The SMILES string of the molecule is Cc1cc(Cl)ccc1NC(=O)CSc1ccc2c(c1)OCCO2. The van der Waals surface area contributed by atoms with Gasteiger partial charge in [0.15, 0.2) is 11.5 Å². The minimum Gasteiger partial charge on any atom is -0.486 e. The van der Waals surface area contributed by atoms with E-state index < -0.39 is 0 Å². The highest BCUT2D eigenvalue weighted by molar-refractivity contribution is 8.00. The summed E-state index contributed by atoms with van der Waals surface area (Å²) in [4.78, 5) is 13.1. The first-order valence-corrected chi connectivity index (χ1v) is 8.56. The largest absolute Gasteiger partial charge is 0.486 e.